The maximum absolute atomic E-state index is 12.3. The Morgan fingerprint density at radius 1 is 1.20 bits per heavy atom. The fourth-order valence-corrected chi connectivity index (χ4v) is 5.49. The van der Waals surface area contributed by atoms with Gasteiger partial charge >= 0.3 is 6.09 Å². The summed E-state index contributed by atoms with van der Waals surface area (Å²) < 4.78 is 37.8. The summed E-state index contributed by atoms with van der Waals surface area (Å²) in [4.78, 5) is 21.1. The Morgan fingerprint density at radius 3 is 2.77 bits per heavy atom. The number of anilines is 2. The number of nitrogens with one attached hydrogen (secondary N) is 3. The quantitative estimate of drug-likeness (QED) is 0.436. The standard InChI is InChI=1S/C22H25N6O5PS/c1-12-17(9-26-21-20(12)24-3-4-32-21)16-5-13-7-19(25-8-14(13)6-18(16)34)27-22(29)33-15-10-28(11-15)35(30,31)23-2/h5-9,15,23-24H,3-4,10-11,34H2,1-2H3,(H,25,27,29). The molecule has 2 aliphatic heterocycles. The van der Waals surface area contributed by atoms with Gasteiger partial charge in [-0.2, -0.15) is 12.7 Å². The Morgan fingerprint density at radius 2 is 2.00 bits per heavy atom. The number of fused-ring (bicyclic) bond motifs is 2. The van der Waals surface area contributed by atoms with E-state index in [1.807, 2.05) is 25.3 Å². The molecule has 0 saturated carbocycles. The summed E-state index contributed by atoms with van der Waals surface area (Å²) in [5.74, 6) is 0.940. The molecule has 11 nitrogen and oxygen atoms in total. The second-order valence-electron chi connectivity index (χ2n) is 8.29. The van der Waals surface area contributed by atoms with Gasteiger partial charge in [0.2, 0.25) is 5.88 Å². The summed E-state index contributed by atoms with van der Waals surface area (Å²) in [7, 11) is 0.585. The summed E-state index contributed by atoms with van der Waals surface area (Å²) in [6, 6.07) is 5.81. The van der Waals surface area contributed by atoms with Gasteiger partial charge in [0.05, 0.1) is 13.1 Å². The van der Waals surface area contributed by atoms with Gasteiger partial charge in [-0.15, -0.1) is 9.24 Å². The Hall–Kier alpha value is -3.05. The third kappa shape index (κ3) is 4.62. The van der Waals surface area contributed by atoms with Gasteiger partial charge in [-0.3, -0.25) is 5.32 Å². The highest BCUT2D eigenvalue weighted by Crippen LogP contribution is 2.36. The lowest BCUT2D eigenvalue weighted by molar-refractivity contribution is 0.0341. The van der Waals surface area contributed by atoms with E-state index in [1.165, 1.54) is 11.4 Å². The lowest BCUT2D eigenvalue weighted by Crippen LogP contribution is -2.57. The number of ether oxygens (including phenoxy) is 2. The molecule has 2 aromatic heterocycles. The Balaban J connectivity index is 1.34. The molecule has 3 N–H and O–H groups in total. The van der Waals surface area contributed by atoms with Crippen molar-refractivity contribution in [3.05, 3.63) is 36.2 Å². The molecule has 4 heterocycles. The first-order chi connectivity index (χ1) is 16.7. The lowest BCUT2D eigenvalue weighted by Gasteiger charge is -2.36. The number of hydrogen-bond acceptors (Lipinski definition) is 8. The second kappa shape index (κ2) is 9.19. The second-order valence-corrected chi connectivity index (χ2v) is 10.8. The van der Waals surface area contributed by atoms with Crippen LogP contribution in [0.25, 0.3) is 21.9 Å². The number of carbonyl (C=O) groups excluding carboxylic acids is 1. The van der Waals surface area contributed by atoms with Crippen LogP contribution < -0.4 is 25.4 Å². The van der Waals surface area contributed by atoms with Gasteiger partial charge in [0.25, 0.3) is 10.2 Å². The predicted molar refractivity (Wildman–Crippen MR) is 136 cm³/mol. The van der Waals surface area contributed by atoms with Crippen LogP contribution in [0, 0.1) is 6.92 Å². The van der Waals surface area contributed by atoms with Gasteiger partial charge in [0, 0.05) is 36.9 Å². The molecule has 184 valence electrons. The average Bonchev–Trinajstić information content (AvgIpc) is 2.81. The predicted octanol–water partition coefficient (Wildman–Crippen LogP) is 1.61. The minimum Gasteiger partial charge on any atom is -0.474 e. The molecule has 0 radical (unpaired) electrons. The molecular formula is C22H25N6O5PS. The van der Waals surface area contributed by atoms with Gasteiger partial charge < -0.3 is 14.8 Å². The van der Waals surface area contributed by atoms with Gasteiger partial charge in [0.15, 0.2) is 0 Å². The van der Waals surface area contributed by atoms with Crippen molar-refractivity contribution in [2.75, 3.05) is 43.9 Å². The van der Waals surface area contributed by atoms with Crippen molar-refractivity contribution >= 4 is 53.1 Å². The van der Waals surface area contributed by atoms with Crippen LogP contribution in [0.5, 0.6) is 5.88 Å². The van der Waals surface area contributed by atoms with Gasteiger partial charge in [-0.25, -0.2) is 19.5 Å². The molecule has 13 heteroatoms. The zero-order chi connectivity index (χ0) is 24.7. The monoisotopic (exact) mass is 516 g/mol. The summed E-state index contributed by atoms with van der Waals surface area (Å²) >= 11 is 0. The first kappa shape index (κ1) is 23.7. The number of hydrogen-bond donors (Lipinski definition) is 3. The van der Waals surface area contributed by atoms with E-state index < -0.39 is 22.4 Å². The zero-order valence-corrected chi connectivity index (χ0v) is 21.1. The molecule has 2 aliphatic rings. The van der Waals surface area contributed by atoms with Crippen molar-refractivity contribution in [1.82, 2.24) is 19.0 Å². The maximum Gasteiger partial charge on any atom is 0.413 e. The van der Waals surface area contributed by atoms with Crippen LogP contribution in [0.2, 0.25) is 0 Å². The molecule has 1 aromatic carbocycles. The van der Waals surface area contributed by atoms with E-state index >= 15 is 0 Å². The Kier molecular flexibility index (Phi) is 6.22. The third-order valence-electron chi connectivity index (χ3n) is 6.04. The normalized spacial score (nSPS) is 16.1. The zero-order valence-electron chi connectivity index (χ0n) is 19.2. The molecule has 3 aromatic rings. The maximum atomic E-state index is 12.3. The third-order valence-corrected chi connectivity index (χ3v) is 8.01. The molecule has 1 fully saturated rings. The first-order valence-electron chi connectivity index (χ1n) is 11.0. The molecule has 0 bridgehead atoms. The first-order valence-corrected chi connectivity index (χ1v) is 13.0. The topological polar surface area (TPSA) is 135 Å². The van der Waals surface area contributed by atoms with E-state index in [-0.39, 0.29) is 13.1 Å². The van der Waals surface area contributed by atoms with Crippen molar-refractivity contribution in [1.29, 1.82) is 0 Å². The molecule has 1 unspecified atom stereocenters. The fraction of sp³-hybridized carbons (Fsp3) is 0.318. The number of rotatable bonds is 5. The summed E-state index contributed by atoms with van der Waals surface area (Å²) in [5, 5.41) is 8.78. The van der Waals surface area contributed by atoms with E-state index in [0.29, 0.717) is 18.3 Å². The molecule has 0 spiro atoms. The number of pyridine rings is 2. The Labute approximate surface area is 205 Å². The van der Waals surface area contributed by atoms with Crippen molar-refractivity contribution in [2.24, 2.45) is 0 Å². The minimum absolute atomic E-state index is 0.107. The molecule has 1 amide bonds. The van der Waals surface area contributed by atoms with Gasteiger partial charge in [0.1, 0.15) is 24.2 Å². The molecule has 5 rings (SSSR count). The molecular weight excluding hydrogens is 491 g/mol. The summed E-state index contributed by atoms with van der Waals surface area (Å²) in [5.41, 5.74) is 3.91. The molecule has 1 atom stereocenters. The highest BCUT2D eigenvalue weighted by atomic mass is 32.2. The highest BCUT2D eigenvalue weighted by Gasteiger charge is 2.37. The van der Waals surface area contributed by atoms with Crippen LogP contribution in [-0.4, -0.2) is 68.2 Å². The van der Waals surface area contributed by atoms with Crippen molar-refractivity contribution < 1.29 is 22.7 Å². The SMILES string of the molecule is CNS(=O)(=O)N1CC(OC(=O)Nc2cc3cc(-c4cnc5c(c4C)NCCO5)c(P)cc3cn2)C1. The van der Waals surface area contributed by atoms with E-state index in [2.05, 4.69) is 34.6 Å². The lowest BCUT2D eigenvalue weighted by atomic mass is 9.98. The average molecular weight is 517 g/mol. The van der Waals surface area contributed by atoms with Crippen molar-refractivity contribution in [3.8, 4) is 17.0 Å². The fourth-order valence-electron chi connectivity index (χ4n) is 4.09. The van der Waals surface area contributed by atoms with Crippen LogP contribution in [0.1, 0.15) is 5.56 Å². The number of amides is 1. The summed E-state index contributed by atoms with van der Waals surface area (Å²) in [6.45, 7) is 3.56. The van der Waals surface area contributed by atoms with Crippen molar-refractivity contribution in [2.45, 2.75) is 13.0 Å². The van der Waals surface area contributed by atoms with E-state index in [4.69, 9.17) is 9.47 Å². The largest absolute Gasteiger partial charge is 0.474 e. The van der Waals surface area contributed by atoms with Gasteiger partial charge in [-0.05, 0) is 46.9 Å². The number of aromatic nitrogens is 2. The number of carbonyl (C=O) groups is 1. The van der Waals surface area contributed by atoms with E-state index in [9.17, 15) is 13.2 Å². The highest BCUT2D eigenvalue weighted by molar-refractivity contribution is 7.87. The molecule has 1 saturated heterocycles. The van der Waals surface area contributed by atoms with Crippen LogP contribution in [0.15, 0.2) is 30.6 Å². The smallest absolute Gasteiger partial charge is 0.413 e. The van der Waals surface area contributed by atoms with E-state index in [0.717, 1.165) is 45.0 Å². The minimum atomic E-state index is -3.51. The van der Waals surface area contributed by atoms with Crippen LogP contribution in [0.3, 0.4) is 0 Å². The molecule has 35 heavy (non-hydrogen) atoms. The van der Waals surface area contributed by atoms with Crippen molar-refractivity contribution in [3.63, 3.8) is 0 Å². The Bertz CT molecular complexity index is 1430. The van der Waals surface area contributed by atoms with E-state index in [1.54, 1.807) is 12.3 Å². The van der Waals surface area contributed by atoms with Crippen LogP contribution in [-0.2, 0) is 14.9 Å². The summed E-state index contributed by atoms with van der Waals surface area (Å²) in [6.07, 6.45) is 2.29. The number of nitrogens with zero attached hydrogens (tertiary/aromatic N) is 3. The van der Waals surface area contributed by atoms with Crippen LogP contribution >= 0.6 is 9.24 Å². The molecule has 0 aliphatic carbocycles. The van der Waals surface area contributed by atoms with Gasteiger partial charge in [-0.1, -0.05) is 0 Å². The number of benzene rings is 1. The van der Waals surface area contributed by atoms with Crippen LogP contribution in [0.4, 0.5) is 16.3 Å².